The van der Waals surface area contributed by atoms with E-state index >= 15 is 0 Å². The summed E-state index contributed by atoms with van der Waals surface area (Å²) in [5, 5.41) is 11.2. The quantitative estimate of drug-likeness (QED) is 0.640. The molecular weight excluding hydrogens is 354 g/mol. The van der Waals surface area contributed by atoms with Gasteiger partial charge < -0.3 is 5.32 Å². The minimum absolute atomic E-state index is 0.0139. The number of carbonyl (C=O) groups excluding carboxylic acids is 2. The summed E-state index contributed by atoms with van der Waals surface area (Å²) in [6.45, 7) is 3.97. The topological polar surface area (TPSA) is 81.8 Å². The van der Waals surface area contributed by atoms with Gasteiger partial charge in [0.2, 0.25) is 0 Å². The van der Waals surface area contributed by atoms with Crippen LogP contribution >= 0.6 is 0 Å². The van der Waals surface area contributed by atoms with Crippen molar-refractivity contribution in [1.29, 1.82) is 0 Å². The molecule has 0 saturated carbocycles. The third kappa shape index (κ3) is 4.03. The first-order valence-electron chi connectivity index (χ1n) is 9.29. The lowest BCUT2D eigenvalue weighted by Gasteiger charge is -2.16. The Labute approximate surface area is 164 Å². The van der Waals surface area contributed by atoms with E-state index in [9.17, 15) is 9.59 Å². The molecular formula is C21H25N5O2. The van der Waals surface area contributed by atoms with Crippen molar-refractivity contribution in [2.24, 2.45) is 7.05 Å². The summed E-state index contributed by atoms with van der Waals surface area (Å²) in [5.41, 5.74) is 2.70. The highest BCUT2D eigenvalue weighted by atomic mass is 16.2. The molecule has 1 unspecified atom stereocenters. The predicted molar refractivity (Wildman–Crippen MR) is 106 cm³/mol. The fourth-order valence-corrected chi connectivity index (χ4v) is 3.20. The van der Waals surface area contributed by atoms with Crippen LogP contribution in [-0.4, -0.2) is 38.3 Å². The standard InChI is InChI=1S/C21H25N5O2/c1-14(17-12-23-25(4)13-17)10-20(27)19-11-18(21(28)22-3)24-26(19)15(2)16-8-6-5-7-9-16/h5-9,11-15H,10H2,1-4H3,(H,22,28)/t14?,15-/m0/s1. The fourth-order valence-electron chi connectivity index (χ4n) is 3.20. The van der Waals surface area contributed by atoms with E-state index < -0.39 is 0 Å². The van der Waals surface area contributed by atoms with Crippen LogP contribution in [0, 0.1) is 0 Å². The Bertz CT molecular complexity index is 974. The summed E-state index contributed by atoms with van der Waals surface area (Å²) in [6, 6.07) is 11.2. The van der Waals surface area contributed by atoms with Crippen LogP contribution in [-0.2, 0) is 7.05 Å². The predicted octanol–water partition coefficient (Wildman–Crippen LogP) is 2.96. The van der Waals surface area contributed by atoms with Gasteiger partial charge in [-0.1, -0.05) is 37.3 Å². The van der Waals surface area contributed by atoms with Gasteiger partial charge in [-0.3, -0.25) is 19.0 Å². The van der Waals surface area contributed by atoms with Crippen LogP contribution in [0.2, 0.25) is 0 Å². The second-order valence-corrected chi connectivity index (χ2v) is 7.00. The molecule has 0 fully saturated rings. The summed E-state index contributed by atoms with van der Waals surface area (Å²) in [6.07, 6.45) is 4.00. The number of aryl methyl sites for hydroxylation is 1. The number of nitrogens with zero attached hydrogens (tertiary/aromatic N) is 4. The Kier molecular flexibility index (Phi) is 5.73. The second-order valence-electron chi connectivity index (χ2n) is 7.00. The normalized spacial score (nSPS) is 13.1. The van der Waals surface area contributed by atoms with Gasteiger partial charge in [-0.25, -0.2) is 0 Å². The summed E-state index contributed by atoms with van der Waals surface area (Å²) >= 11 is 0. The van der Waals surface area contributed by atoms with E-state index in [0.717, 1.165) is 11.1 Å². The van der Waals surface area contributed by atoms with E-state index in [4.69, 9.17) is 0 Å². The summed E-state index contributed by atoms with van der Waals surface area (Å²) in [4.78, 5) is 25.2. The van der Waals surface area contributed by atoms with Crippen LogP contribution < -0.4 is 5.32 Å². The molecule has 146 valence electrons. The molecule has 0 aliphatic rings. The maximum atomic E-state index is 13.1. The second kappa shape index (κ2) is 8.21. The Hall–Kier alpha value is -3.22. The smallest absolute Gasteiger partial charge is 0.271 e. The molecule has 3 aromatic rings. The molecule has 1 aromatic carbocycles. The van der Waals surface area contributed by atoms with Crippen molar-refractivity contribution in [2.75, 3.05) is 7.05 Å². The van der Waals surface area contributed by atoms with E-state index in [0.29, 0.717) is 12.1 Å². The molecule has 1 N–H and O–H groups in total. The molecule has 0 bridgehead atoms. The number of hydrogen-bond acceptors (Lipinski definition) is 4. The Balaban J connectivity index is 1.92. The van der Waals surface area contributed by atoms with Crippen LogP contribution in [0.3, 0.4) is 0 Å². The van der Waals surface area contributed by atoms with Gasteiger partial charge in [0, 0.05) is 32.8 Å². The van der Waals surface area contributed by atoms with Gasteiger partial charge in [0.25, 0.3) is 5.91 Å². The van der Waals surface area contributed by atoms with Gasteiger partial charge in [-0.2, -0.15) is 10.2 Å². The maximum absolute atomic E-state index is 13.1. The molecule has 0 aliphatic carbocycles. The first-order valence-corrected chi connectivity index (χ1v) is 9.29. The molecule has 0 spiro atoms. The van der Waals surface area contributed by atoms with Crippen molar-refractivity contribution in [3.8, 4) is 0 Å². The maximum Gasteiger partial charge on any atom is 0.271 e. The molecule has 0 aliphatic heterocycles. The fraction of sp³-hybridized carbons (Fsp3) is 0.333. The molecule has 28 heavy (non-hydrogen) atoms. The molecule has 0 radical (unpaired) electrons. The Morgan fingerprint density at radius 1 is 1.14 bits per heavy atom. The van der Waals surface area contributed by atoms with E-state index in [1.807, 2.05) is 57.4 Å². The minimum atomic E-state index is -0.312. The van der Waals surface area contributed by atoms with Crippen molar-refractivity contribution in [3.05, 3.63) is 71.3 Å². The summed E-state index contributed by atoms with van der Waals surface area (Å²) in [7, 11) is 3.40. The van der Waals surface area contributed by atoms with Crippen molar-refractivity contribution in [2.45, 2.75) is 32.2 Å². The molecule has 1 amide bonds. The zero-order valence-corrected chi connectivity index (χ0v) is 16.6. The SMILES string of the molecule is CNC(=O)c1cc(C(=O)CC(C)c2cnn(C)c2)n([C@@H](C)c2ccccc2)n1. The Morgan fingerprint density at radius 2 is 1.86 bits per heavy atom. The molecule has 2 atom stereocenters. The lowest BCUT2D eigenvalue weighted by Crippen LogP contribution is -2.19. The van der Waals surface area contributed by atoms with Gasteiger partial charge >= 0.3 is 0 Å². The number of rotatable bonds is 7. The van der Waals surface area contributed by atoms with Crippen LogP contribution in [0.4, 0.5) is 0 Å². The number of hydrogen-bond donors (Lipinski definition) is 1. The summed E-state index contributed by atoms with van der Waals surface area (Å²) < 4.78 is 3.37. The minimum Gasteiger partial charge on any atom is -0.354 e. The van der Waals surface area contributed by atoms with Crippen LogP contribution in [0.25, 0.3) is 0 Å². The first kappa shape index (κ1) is 19.5. The highest BCUT2D eigenvalue weighted by molar-refractivity contribution is 5.99. The van der Waals surface area contributed by atoms with Gasteiger partial charge in [0.05, 0.1) is 12.2 Å². The van der Waals surface area contributed by atoms with Crippen LogP contribution in [0.5, 0.6) is 0 Å². The monoisotopic (exact) mass is 379 g/mol. The zero-order chi connectivity index (χ0) is 20.3. The van der Waals surface area contributed by atoms with Gasteiger partial charge in [-0.15, -0.1) is 0 Å². The number of amides is 1. The molecule has 7 heteroatoms. The summed E-state index contributed by atoms with van der Waals surface area (Å²) in [5.74, 6) is -0.352. The van der Waals surface area contributed by atoms with E-state index in [1.165, 1.54) is 0 Å². The largest absolute Gasteiger partial charge is 0.354 e. The van der Waals surface area contributed by atoms with Crippen LogP contribution in [0.15, 0.2) is 48.8 Å². The number of ketones is 1. The van der Waals surface area contributed by atoms with Crippen LogP contribution in [0.1, 0.15) is 64.3 Å². The first-order chi connectivity index (χ1) is 13.4. The number of Topliss-reactive ketones (excluding diaryl/α,β-unsaturated/α-hetero) is 1. The highest BCUT2D eigenvalue weighted by Gasteiger charge is 2.24. The van der Waals surface area contributed by atoms with Gasteiger partial charge in [0.15, 0.2) is 11.5 Å². The van der Waals surface area contributed by atoms with E-state index in [2.05, 4.69) is 15.5 Å². The number of benzene rings is 1. The zero-order valence-electron chi connectivity index (χ0n) is 16.6. The Morgan fingerprint density at radius 3 is 2.46 bits per heavy atom. The van der Waals surface area contributed by atoms with Crippen molar-refractivity contribution in [1.82, 2.24) is 24.9 Å². The van der Waals surface area contributed by atoms with Gasteiger partial charge in [0.1, 0.15) is 5.69 Å². The number of aromatic nitrogens is 4. The molecule has 2 heterocycles. The highest BCUT2D eigenvalue weighted by Crippen LogP contribution is 2.24. The van der Waals surface area contributed by atoms with Crippen molar-refractivity contribution >= 4 is 11.7 Å². The molecule has 3 rings (SSSR count). The van der Waals surface area contributed by atoms with Crippen molar-refractivity contribution in [3.63, 3.8) is 0 Å². The third-order valence-electron chi connectivity index (χ3n) is 4.92. The van der Waals surface area contributed by atoms with Gasteiger partial charge in [-0.05, 0) is 24.0 Å². The van der Waals surface area contributed by atoms with E-state index in [-0.39, 0.29) is 29.3 Å². The average molecular weight is 379 g/mol. The van der Waals surface area contributed by atoms with E-state index in [1.54, 1.807) is 28.7 Å². The number of nitrogens with one attached hydrogen (secondary N) is 1. The lowest BCUT2D eigenvalue weighted by atomic mass is 9.97. The molecule has 2 aromatic heterocycles. The number of carbonyl (C=O) groups is 2. The average Bonchev–Trinajstić information content (AvgIpc) is 3.34. The van der Waals surface area contributed by atoms with Crippen molar-refractivity contribution < 1.29 is 9.59 Å². The molecule has 7 nitrogen and oxygen atoms in total. The third-order valence-corrected chi connectivity index (χ3v) is 4.92. The lowest BCUT2D eigenvalue weighted by molar-refractivity contribution is 0.0951. The molecule has 0 saturated heterocycles.